The zero-order valence-electron chi connectivity index (χ0n) is 11.4. The maximum absolute atomic E-state index is 12.0. The second-order valence-electron chi connectivity index (χ2n) is 4.30. The Morgan fingerprint density at radius 1 is 1.10 bits per heavy atom. The zero-order chi connectivity index (χ0) is 16.1. The highest BCUT2D eigenvalue weighted by Crippen LogP contribution is 2.17. The van der Waals surface area contributed by atoms with E-state index >= 15 is 0 Å². The number of halogens is 3. The van der Waals surface area contributed by atoms with Crippen molar-refractivity contribution in [3.63, 3.8) is 0 Å². The summed E-state index contributed by atoms with van der Waals surface area (Å²) in [5.74, 6) is -4.59. The topological polar surface area (TPSA) is 81.7 Å². The first-order valence-electron chi connectivity index (χ1n) is 5.66. The Morgan fingerprint density at radius 2 is 1.60 bits per heavy atom. The van der Waals surface area contributed by atoms with E-state index in [0.717, 1.165) is 14.0 Å². The van der Waals surface area contributed by atoms with E-state index in [2.05, 4.69) is 14.8 Å². The first-order valence-corrected chi connectivity index (χ1v) is 5.66. The van der Waals surface area contributed by atoms with Crippen molar-refractivity contribution in [3.05, 3.63) is 0 Å². The Kier molecular flexibility index (Phi) is 6.47. The fraction of sp³-hybridized carbons (Fsp3) is 0.727. The minimum atomic E-state index is -5.19. The third-order valence-corrected chi connectivity index (χ3v) is 2.30. The molecule has 0 bridgehead atoms. The second kappa shape index (κ2) is 7.11. The lowest BCUT2D eigenvalue weighted by molar-refractivity contribution is -0.204. The van der Waals surface area contributed by atoms with E-state index in [1.54, 1.807) is 13.8 Å². The minimum Gasteiger partial charge on any atom is -0.467 e. The van der Waals surface area contributed by atoms with Gasteiger partial charge in [-0.1, -0.05) is 13.8 Å². The van der Waals surface area contributed by atoms with Gasteiger partial charge in [0.1, 0.15) is 6.04 Å². The van der Waals surface area contributed by atoms with Gasteiger partial charge in [-0.3, -0.25) is 4.79 Å². The molecule has 0 aliphatic heterocycles. The summed E-state index contributed by atoms with van der Waals surface area (Å²) in [6, 6.07) is -1.04. The zero-order valence-corrected chi connectivity index (χ0v) is 11.4. The van der Waals surface area contributed by atoms with Crippen LogP contribution in [0.1, 0.15) is 20.8 Å². The van der Waals surface area contributed by atoms with Crippen LogP contribution in [0.3, 0.4) is 0 Å². The summed E-state index contributed by atoms with van der Waals surface area (Å²) < 4.78 is 44.3. The lowest BCUT2D eigenvalue weighted by Crippen LogP contribution is -2.49. The molecule has 0 fully saturated rings. The van der Waals surface area contributed by atoms with E-state index < -0.39 is 36.2 Å². The monoisotopic (exact) mass is 299 g/mol. The van der Waals surface area contributed by atoms with E-state index in [-0.39, 0.29) is 5.92 Å². The predicted molar refractivity (Wildman–Crippen MR) is 60.4 cm³/mol. The average Bonchev–Trinajstić information content (AvgIpc) is 2.32. The van der Waals surface area contributed by atoms with Gasteiger partial charge in [0.25, 0.3) is 5.91 Å². The van der Waals surface area contributed by atoms with Gasteiger partial charge in [0.05, 0.1) is 7.11 Å². The first kappa shape index (κ1) is 18.2. The summed E-state index contributed by atoms with van der Waals surface area (Å²) >= 11 is 0. The Morgan fingerprint density at radius 3 is 1.95 bits per heavy atom. The van der Waals surface area contributed by atoms with Gasteiger partial charge >= 0.3 is 18.1 Å². The van der Waals surface area contributed by atoms with Crippen molar-refractivity contribution in [1.29, 1.82) is 0 Å². The van der Waals surface area contributed by atoms with Crippen LogP contribution in [0.15, 0.2) is 0 Å². The summed E-state index contributed by atoms with van der Waals surface area (Å²) in [5, 5.41) is 2.17. The van der Waals surface area contributed by atoms with E-state index in [1.165, 1.54) is 0 Å². The highest BCUT2D eigenvalue weighted by atomic mass is 19.4. The number of hydrogen-bond acceptors (Lipinski definition) is 5. The number of methoxy groups -OCH3 is 1. The van der Waals surface area contributed by atoms with Crippen LogP contribution in [0.2, 0.25) is 0 Å². The maximum atomic E-state index is 12.0. The van der Waals surface area contributed by atoms with Crippen LogP contribution >= 0.6 is 0 Å². The van der Waals surface area contributed by atoms with Crippen molar-refractivity contribution in [2.24, 2.45) is 5.92 Å². The molecule has 0 aliphatic rings. The fourth-order valence-electron chi connectivity index (χ4n) is 1.18. The molecule has 0 unspecified atom stereocenters. The Balaban J connectivity index is 4.66. The molecule has 0 spiro atoms. The molecule has 20 heavy (non-hydrogen) atoms. The summed E-state index contributed by atoms with van der Waals surface area (Å²) in [4.78, 5) is 33.5. The normalized spacial score (nSPS) is 14.4. The molecule has 6 nitrogen and oxygen atoms in total. The van der Waals surface area contributed by atoms with Gasteiger partial charge in [0, 0.05) is 0 Å². The Labute approximate surface area is 113 Å². The number of ether oxygens (including phenoxy) is 2. The van der Waals surface area contributed by atoms with Crippen molar-refractivity contribution < 1.29 is 37.0 Å². The number of nitrogens with one attached hydrogen (secondary N) is 1. The van der Waals surface area contributed by atoms with Crippen molar-refractivity contribution in [2.75, 3.05) is 7.11 Å². The smallest absolute Gasteiger partial charge is 0.467 e. The van der Waals surface area contributed by atoms with Crippen LogP contribution in [0.4, 0.5) is 13.2 Å². The van der Waals surface area contributed by atoms with E-state index in [0.29, 0.717) is 0 Å². The quantitative estimate of drug-likeness (QED) is 0.759. The molecule has 0 aliphatic carbocycles. The Bertz CT molecular complexity index is 381. The second-order valence-corrected chi connectivity index (χ2v) is 4.30. The van der Waals surface area contributed by atoms with Gasteiger partial charge in [-0.25, -0.2) is 9.59 Å². The van der Waals surface area contributed by atoms with Gasteiger partial charge in [0.15, 0.2) is 6.10 Å². The lowest BCUT2D eigenvalue weighted by Gasteiger charge is -2.22. The third kappa shape index (κ3) is 5.45. The number of esters is 2. The standard InChI is InChI=1S/C11H16F3NO5/c1-5(2)7(9(17)19-4)15-8(16)6(3)20-10(18)11(12,13)14/h5-7H,1-4H3,(H,15,16)/t6-,7-/m0/s1. The van der Waals surface area contributed by atoms with Gasteiger partial charge in [0.2, 0.25) is 0 Å². The van der Waals surface area contributed by atoms with Crippen LogP contribution in [0, 0.1) is 5.92 Å². The SMILES string of the molecule is COC(=O)[C@@H](NC(=O)[C@H](C)OC(=O)C(F)(F)F)C(C)C. The van der Waals surface area contributed by atoms with Crippen LogP contribution in [-0.2, 0) is 23.9 Å². The van der Waals surface area contributed by atoms with Crippen LogP contribution < -0.4 is 5.32 Å². The minimum absolute atomic E-state index is 0.350. The van der Waals surface area contributed by atoms with Crippen LogP contribution in [0.25, 0.3) is 0 Å². The molecule has 0 heterocycles. The van der Waals surface area contributed by atoms with E-state index in [4.69, 9.17) is 0 Å². The van der Waals surface area contributed by atoms with Crippen LogP contribution in [0.5, 0.6) is 0 Å². The molecule has 0 aromatic carbocycles. The maximum Gasteiger partial charge on any atom is 0.490 e. The highest BCUT2D eigenvalue weighted by molar-refractivity contribution is 5.88. The highest BCUT2D eigenvalue weighted by Gasteiger charge is 2.42. The average molecular weight is 299 g/mol. The molecule has 1 N–H and O–H groups in total. The molecule has 0 aromatic heterocycles. The van der Waals surface area contributed by atoms with Gasteiger partial charge in [-0.15, -0.1) is 0 Å². The molecule has 0 aromatic rings. The van der Waals surface area contributed by atoms with Crippen molar-refractivity contribution in [1.82, 2.24) is 5.32 Å². The molecule has 9 heteroatoms. The molecular formula is C11H16F3NO5. The number of carbonyl (C=O) groups excluding carboxylic acids is 3. The molecule has 0 rings (SSSR count). The van der Waals surface area contributed by atoms with E-state index in [9.17, 15) is 27.6 Å². The number of amides is 1. The van der Waals surface area contributed by atoms with Crippen LogP contribution in [-0.4, -0.2) is 43.3 Å². The fourth-order valence-corrected chi connectivity index (χ4v) is 1.18. The molecule has 116 valence electrons. The molecule has 0 radical (unpaired) electrons. The Hall–Kier alpha value is -1.80. The largest absolute Gasteiger partial charge is 0.490 e. The van der Waals surface area contributed by atoms with Gasteiger partial charge < -0.3 is 14.8 Å². The van der Waals surface area contributed by atoms with Crippen molar-refractivity contribution >= 4 is 17.8 Å². The van der Waals surface area contributed by atoms with E-state index in [1.807, 2.05) is 0 Å². The summed E-state index contributed by atoms with van der Waals surface area (Å²) in [7, 11) is 1.11. The predicted octanol–water partition coefficient (Wildman–Crippen LogP) is 0.794. The summed E-state index contributed by atoms with van der Waals surface area (Å²) in [6.07, 6.45) is -6.87. The van der Waals surface area contributed by atoms with Crippen molar-refractivity contribution in [2.45, 2.75) is 39.1 Å². The van der Waals surface area contributed by atoms with Gasteiger partial charge in [-0.2, -0.15) is 13.2 Å². The number of hydrogen-bond donors (Lipinski definition) is 1. The molecule has 1 amide bonds. The summed E-state index contributed by atoms with van der Waals surface area (Å²) in [6.45, 7) is 4.18. The first-order chi connectivity index (χ1) is 9.00. The van der Waals surface area contributed by atoms with Gasteiger partial charge in [-0.05, 0) is 12.8 Å². The molecule has 0 saturated heterocycles. The molecule has 0 saturated carbocycles. The summed E-state index contributed by atoms with van der Waals surface area (Å²) in [5.41, 5.74) is 0. The molecular weight excluding hydrogens is 283 g/mol. The number of carbonyl (C=O) groups is 3. The van der Waals surface area contributed by atoms with Crippen molar-refractivity contribution in [3.8, 4) is 0 Å². The number of rotatable bonds is 5. The third-order valence-electron chi connectivity index (χ3n) is 2.30. The lowest BCUT2D eigenvalue weighted by atomic mass is 10.0. The number of alkyl halides is 3. The molecule has 2 atom stereocenters.